The number of alkyl halides is 3. The number of halogens is 4. The van der Waals surface area contributed by atoms with Crippen LogP contribution in [0.4, 0.5) is 17.6 Å². The van der Waals surface area contributed by atoms with Crippen LogP contribution >= 0.6 is 0 Å². The van der Waals surface area contributed by atoms with Gasteiger partial charge in [0.15, 0.2) is 14.0 Å². The number of nitrogens with zero attached hydrogens (tertiary/aromatic N) is 1. The highest BCUT2D eigenvalue weighted by atomic mass is 28.4. The van der Waals surface area contributed by atoms with Gasteiger partial charge in [-0.1, -0.05) is 77.8 Å². The van der Waals surface area contributed by atoms with Gasteiger partial charge in [0, 0.05) is 29.2 Å². The normalized spacial score (nSPS) is 23.7. The molecule has 1 N–H and O–H groups in total. The molecule has 0 amide bonds. The van der Waals surface area contributed by atoms with Gasteiger partial charge in [0.25, 0.3) is 0 Å². The predicted molar refractivity (Wildman–Crippen MR) is 171 cm³/mol. The van der Waals surface area contributed by atoms with Crippen molar-refractivity contribution in [3.8, 4) is 0 Å². The summed E-state index contributed by atoms with van der Waals surface area (Å²) in [4.78, 5) is 5.58. The molecule has 1 fully saturated rings. The summed E-state index contributed by atoms with van der Waals surface area (Å²) in [5.74, 6) is -0.307. The number of hydrogen-bond acceptors (Lipinski definition) is 3. The van der Waals surface area contributed by atoms with E-state index < -0.39 is 31.9 Å². The summed E-state index contributed by atoms with van der Waals surface area (Å²) >= 11 is 0. The average molecular weight is 628 g/mol. The summed E-state index contributed by atoms with van der Waals surface area (Å²) in [7, 11) is -2.42. The minimum atomic E-state index is -4.48. The quantitative estimate of drug-likeness (QED) is 0.256. The van der Waals surface area contributed by atoms with Crippen molar-refractivity contribution in [3.63, 3.8) is 0 Å². The molecule has 3 nitrogen and oxygen atoms in total. The molecule has 5 rings (SSSR count). The van der Waals surface area contributed by atoms with Gasteiger partial charge < -0.3 is 9.53 Å². The Morgan fingerprint density at radius 2 is 1.55 bits per heavy atom. The smallest absolute Gasteiger partial charge is 0.390 e. The first kappa shape index (κ1) is 32.8. The number of aliphatic hydroxyl groups is 1. The number of rotatable bonds is 6. The van der Waals surface area contributed by atoms with Crippen molar-refractivity contribution in [3.05, 3.63) is 88.3 Å². The van der Waals surface area contributed by atoms with Gasteiger partial charge in [-0.05, 0) is 83.8 Å². The molecule has 2 atom stereocenters. The van der Waals surface area contributed by atoms with Gasteiger partial charge in [0.1, 0.15) is 11.9 Å². The summed E-state index contributed by atoms with van der Waals surface area (Å²) in [5.41, 5.74) is 2.16. The van der Waals surface area contributed by atoms with Gasteiger partial charge in [-0.25, -0.2) is 4.39 Å². The van der Waals surface area contributed by atoms with Crippen LogP contribution in [0, 0.1) is 17.2 Å². The Labute approximate surface area is 260 Å². The molecule has 2 aromatic carbocycles. The highest BCUT2D eigenvalue weighted by Crippen LogP contribution is 2.56. The molecule has 0 bridgehead atoms. The third-order valence-electron chi connectivity index (χ3n) is 10.0. The van der Waals surface area contributed by atoms with Crippen molar-refractivity contribution < 1.29 is 27.1 Å². The first-order valence-electron chi connectivity index (χ1n) is 15.7. The van der Waals surface area contributed by atoms with Crippen molar-refractivity contribution in [2.24, 2.45) is 16.3 Å². The Hall–Kier alpha value is -2.55. The maximum Gasteiger partial charge on any atom is 0.416 e. The lowest BCUT2D eigenvalue weighted by Crippen LogP contribution is -2.54. The lowest BCUT2D eigenvalue weighted by molar-refractivity contribution is -0.137. The fourth-order valence-corrected chi connectivity index (χ4v) is 8.08. The van der Waals surface area contributed by atoms with E-state index in [4.69, 9.17) is 9.42 Å². The molecular formula is C36H45F4NO2Si. The molecule has 2 aromatic rings. The highest BCUT2D eigenvalue weighted by Gasteiger charge is 2.54. The summed E-state index contributed by atoms with van der Waals surface area (Å²) < 4.78 is 62.0. The third-order valence-corrected chi connectivity index (χ3v) is 14.5. The second kappa shape index (κ2) is 11.4. The molecular weight excluding hydrogens is 582 g/mol. The fraction of sp³-hybridized carbons (Fsp3) is 0.528. The first-order valence-corrected chi connectivity index (χ1v) is 18.6. The van der Waals surface area contributed by atoms with Crippen LogP contribution in [0.1, 0.15) is 95.9 Å². The van der Waals surface area contributed by atoms with Crippen LogP contribution in [0.5, 0.6) is 0 Å². The molecule has 44 heavy (non-hydrogen) atoms. The minimum absolute atomic E-state index is 0.0658. The molecule has 0 saturated heterocycles. The molecule has 1 heterocycles. The van der Waals surface area contributed by atoms with Crippen molar-refractivity contribution in [2.75, 3.05) is 0 Å². The minimum Gasteiger partial charge on any atom is -0.390 e. The predicted octanol–water partition coefficient (Wildman–Crippen LogP) is 10.4. The number of aliphatic imine (C=N–C) groups is 1. The SMILES string of the molecule is CC1(C)CC=C2C(c3ccc(F)cc3)=C(C(O)c3ccc(C(F)(F)F)cc3)C(C3CCCC3)=NC2(O[Si](C)(C)C(C)(C)C)C1. The van der Waals surface area contributed by atoms with E-state index in [1.807, 2.05) is 0 Å². The van der Waals surface area contributed by atoms with Crippen LogP contribution in [-0.4, -0.2) is 24.9 Å². The molecule has 3 aliphatic rings. The van der Waals surface area contributed by atoms with E-state index in [2.05, 4.69) is 53.8 Å². The average Bonchev–Trinajstić information content (AvgIpc) is 3.45. The van der Waals surface area contributed by atoms with Gasteiger partial charge in [-0.15, -0.1) is 0 Å². The van der Waals surface area contributed by atoms with Crippen LogP contribution in [0.3, 0.4) is 0 Å². The van der Waals surface area contributed by atoms with Crippen molar-refractivity contribution in [2.45, 2.75) is 109 Å². The van der Waals surface area contributed by atoms with Crippen LogP contribution in [0.2, 0.25) is 18.1 Å². The highest BCUT2D eigenvalue weighted by molar-refractivity contribution is 6.74. The van der Waals surface area contributed by atoms with E-state index in [1.54, 1.807) is 12.1 Å². The van der Waals surface area contributed by atoms with Gasteiger partial charge in [-0.2, -0.15) is 13.2 Å². The van der Waals surface area contributed by atoms with Crippen LogP contribution in [-0.2, 0) is 10.6 Å². The second-order valence-corrected chi connectivity index (χ2v) is 19.8. The van der Waals surface area contributed by atoms with Gasteiger partial charge in [-0.3, -0.25) is 4.99 Å². The lowest BCUT2D eigenvalue weighted by Gasteiger charge is -2.52. The van der Waals surface area contributed by atoms with E-state index in [-0.39, 0.29) is 22.2 Å². The molecule has 2 aliphatic carbocycles. The van der Waals surface area contributed by atoms with Gasteiger partial charge >= 0.3 is 6.18 Å². The van der Waals surface area contributed by atoms with E-state index in [1.165, 1.54) is 24.3 Å². The summed E-state index contributed by atoms with van der Waals surface area (Å²) in [6.45, 7) is 15.5. The lowest BCUT2D eigenvalue weighted by atomic mass is 9.67. The van der Waals surface area contributed by atoms with Crippen molar-refractivity contribution in [1.29, 1.82) is 0 Å². The number of dihydropyridines is 1. The molecule has 0 spiro atoms. The van der Waals surface area contributed by atoms with E-state index in [9.17, 15) is 22.7 Å². The molecule has 2 unspecified atom stereocenters. The topological polar surface area (TPSA) is 41.8 Å². The molecule has 1 saturated carbocycles. The van der Waals surface area contributed by atoms with Gasteiger partial charge in [0.2, 0.25) is 0 Å². The number of aliphatic hydroxyl groups excluding tert-OH is 1. The van der Waals surface area contributed by atoms with E-state index in [0.717, 1.165) is 66.7 Å². The number of benzene rings is 2. The Kier molecular flexibility index (Phi) is 8.47. The largest absolute Gasteiger partial charge is 0.416 e. The van der Waals surface area contributed by atoms with Crippen LogP contribution in [0.25, 0.3) is 5.57 Å². The Bertz CT molecular complexity index is 1470. The first-order chi connectivity index (χ1) is 20.3. The Balaban J connectivity index is 1.81. The third kappa shape index (κ3) is 6.27. The van der Waals surface area contributed by atoms with E-state index in [0.29, 0.717) is 17.6 Å². The molecule has 0 aromatic heterocycles. The second-order valence-electron chi connectivity index (χ2n) is 15.1. The Morgan fingerprint density at radius 1 is 0.955 bits per heavy atom. The van der Waals surface area contributed by atoms with Crippen LogP contribution < -0.4 is 0 Å². The Morgan fingerprint density at radius 3 is 2.09 bits per heavy atom. The molecule has 8 heteroatoms. The van der Waals surface area contributed by atoms with Gasteiger partial charge in [0.05, 0.1) is 5.56 Å². The molecule has 0 radical (unpaired) electrons. The molecule has 1 aliphatic heterocycles. The van der Waals surface area contributed by atoms with E-state index >= 15 is 0 Å². The summed E-state index contributed by atoms with van der Waals surface area (Å²) in [5, 5.41) is 12.0. The number of hydrogen-bond donors (Lipinski definition) is 1. The van der Waals surface area contributed by atoms with Crippen molar-refractivity contribution in [1.82, 2.24) is 0 Å². The van der Waals surface area contributed by atoms with Crippen molar-refractivity contribution >= 4 is 19.6 Å². The maximum absolute atomic E-state index is 14.3. The zero-order valence-corrected chi connectivity index (χ0v) is 27.9. The summed E-state index contributed by atoms with van der Waals surface area (Å²) in [6.07, 6.45) is 1.71. The zero-order valence-electron chi connectivity index (χ0n) is 26.9. The summed E-state index contributed by atoms with van der Waals surface area (Å²) in [6, 6.07) is 11.0. The monoisotopic (exact) mass is 627 g/mol. The molecule has 238 valence electrons. The standard InChI is InChI=1S/C36H45F4NO2Si/c1-33(2,3)44(6,7)43-35-22-34(4,5)21-20-28(35)29(23-14-18-27(37)19-15-23)30(31(41-35)24-10-8-9-11-24)32(42)25-12-16-26(17-13-25)36(38,39)40/h12-20,24,32,42H,8-11,21-22H2,1-7H3. The number of fused-ring (bicyclic) bond motifs is 1. The fourth-order valence-electron chi connectivity index (χ4n) is 6.70. The maximum atomic E-state index is 14.3. The zero-order chi connectivity index (χ0) is 32.3. The van der Waals surface area contributed by atoms with Crippen LogP contribution in [0.15, 0.2) is 70.7 Å². The number of allylic oxidation sites excluding steroid dienone is 1.